The number of aromatic nitrogens is 1. The zero-order chi connectivity index (χ0) is 24.1. The van der Waals surface area contributed by atoms with Crippen LogP contribution in [-0.4, -0.2) is 62.1 Å². The van der Waals surface area contributed by atoms with Crippen molar-refractivity contribution in [1.29, 1.82) is 0 Å². The van der Waals surface area contributed by atoms with E-state index in [1.807, 2.05) is 53.2 Å². The Morgan fingerprint density at radius 1 is 1.15 bits per heavy atom. The van der Waals surface area contributed by atoms with E-state index in [4.69, 9.17) is 22.7 Å². The fourth-order valence-electron chi connectivity index (χ4n) is 5.52. The van der Waals surface area contributed by atoms with Crippen molar-refractivity contribution in [3.63, 3.8) is 0 Å². The van der Waals surface area contributed by atoms with Crippen molar-refractivity contribution in [3.05, 3.63) is 60.3 Å². The first kappa shape index (κ1) is 22.6. The SMILES string of the molecule is COc1ccc(N2C(=S)N(Cc3cn(C)c4ccccc34)[C@H]3[C@@H](O)[C@H](O)C[C@@H](C(N)=O)[C@H]32)cc1. The summed E-state index contributed by atoms with van der Waals surface area (Å²) in [5.74, 6) is -0.501. The average molecular weight is 481 g/mol. The molecule has 2 heterocycles. The molecule has 2 aliphatic rings. The Morgan fingerprint density at radius 2 is 1.85 bits per heavy atom. The maximum Gasteiger partial charge on any atom is 0.222 e. The highest BCUT2D eigenvalue weighted by atomic mass is 32.1. The molecule has 1 saturated carbocycles. The third-order valence-corrected chi connectivity index (χ3v) is 7.58. The number of hydrogen-bond donors (Lipinski definition) is 3. The van der Waals surface area contributed by atoms with Gasteiger partial charge in [-0.05, 0) is 54.5 Å². The quantitative estimate of drug-likeness (QED) is 0.478. The molecular weight excluding hydrogens is 452 g/mol. The molecule has 5 atom stereocenters. The number of aliphatic hydroxyl groups is 2. The second kappa shape index (κ2) is 8.57. The van der Waals surface area contributed by atoms with Gasteiger partial charge >= 0.3 is 0 Å². The maximum atomic E-state index is 12.5. The standard InChI is InChI=1S/C25H28N4O4S/c1-27-12-14(17-5-3-4-6-19(17)27)13-28-22-21(18(24(26)32)11-20(30)23(22)31)29(25(28)34)15-7-9-16(33-2)10-8-15/h3-10,12,18,20-23,30-31H,11,13H2,1-2H3,(H2,26,32)/t18-,20-,21-,22-,23+/m1/s1. The summed E-state index contributed by atoms with van der Waals surface area (Å²) in [4.78, 5) is 16.3. The lowest BCUT2D eigenvalue weighted by Crippen LogP contribution is -2.60. The number of carbonyl (C=O) groups is 1. The van der Waals surface area contributed by atoms with Crippen LogP contribution in [0.1, 0.15) is 12.0 Å². The number of hydrogen-bond acceptors (Lipinski definition) is 5. The van der Waals surface area contributed by atoms with Crippen LogP contribution in [-0.2, 0) is 18.4 Å². The molecule has 1 saturated heterocycles. The number of para-hydroxylation sites is 1. The van der Waals surface area contributed by atoms with Gasteiger partial charge in [0.15, 0.2) is 5.11 Å². The van der Waals surface area contributed by atoms with E-state index in [1.165, 1.54) is 0 Å². The predicted molar refractivity (Wildman–Crippen MR) is 133 cm³/mol. The van der Waals surface area contributed by atoms with Gasteiger partial charge in [-0.2, -0.15) is 0 Å². The Morgan fingerprint density at radius 3 is 2.53 bits per heavy atom. The van der Waals surface area contributed by atoms with E-state index < -0.39 is 36.1 Å². The summed E-state index contributed by atoms with van der Waals surface area (Å²) in [6, 6.07) is 14.4. The van der Waals surface area contributed by atoms with Crippen LogP contribution in [0.5, 0.6) is 5.75 Å². The highest BCUT2D eigenvalue weighted by Gasteiger charge is 2.57. The van der Waals surface area contributed by atoms with Crippen LogP contribution >= 0.6 is 12.2 Å². The number of carbonyl (C=O) groups excluding carboxylic acids is 1. The van der Waals surface area contributed by atoms with E-state index in [9.17, 15) is 15.0 Å². The zero-order valence-corrected chi connectivity index (χ0v) is 19.9. The lowest BCUT2D eigenvalue weighted by Gasteiger charge is -2.42. The number of fused-ring (bicyclic) bond motifs is 2. The van der Waals surface area contributed by atoms with Crippen LogP contribution < -0.4 is 15.4 Å². The smallest absolute Gasteiger partial charge is 0.222 e. The molecule has 3 aromatic rings. The Labute approximate surface area is 203 Å². The van der Waals surface area contributed by atoms with Crippen molar-refractivity contribution in [3.8, 4) is 5.75 Å². The molecule has 1 amide bonds. The number of aliphatic hydroxyl groups excluding tert-OH is 2. The molecule has 0 spiro atoms. The predicted octanol–water partition coefficient (Wildman–Crippen LogP) is 1.76. The molecule has 1 aliphatic heterocycles. The van der Waals surface area contributed by atoms with Crippen molar-refractivity contribution in [2.45, 2.75) is 37.3 Å². The van der Waals surface area contributed by atoms with Gasteiger partial charge in [-0.1, -0.05) is 18.2 Å². The molecule has 0 bridgehead atoms. The minimum Gasteiger partial charge on any atom is -0.497 e. The Hall–Kier alpha value is -3.14. The van der Waals surface area contributed by atoms with E-state index in [0.717, 1.165) is 22.2 Å². The van der Waals surface area contributed by atoms with Gasteiger partial charge in [0, 0.05) is 36.4 Å². The topological polar surface area (TPSA) is 104 Å². The lowest BCUT2D eigenvalue weighted by atomic mass is 9.76. The molecule has 4 N–H and O–H groups in total. The van der Waals surface area contributed by atoms with Gasteiger partial charge in [-0.3, -0.25) is 4.79 Å². The number of primary amides is 1. The molecule has 2 fully saturated rings. The van der Waals surface area contributed by atoms with Crippen molar-refractivity contribution in [1.82, 2.24) is 9.47 Å². The van der Waals surface area contributed by atoms with Crippen LogP contribution in [0.3, 0.4) is 0 Å². The molecular formula is C25H28N4O4S. The number of nitrogens with two attached hydrogens (primary N) is 1. The molecule has 5 rings (SSSR count). The molecule has 2 aromatic carbocycles. The molecule has 1 aliphatic carbocycles. The van der Waals surface area contributed by atoms with Gasteiger partial charge in [-0.15, -0.1) is 0 Å². The Balaban J connectivity index is 1.60. The third-order valence-electron chi connectivity index (χ3n) is 7.15. The van der Waals surface area contributed by atoms with E-state index in [-0.39, 0.29) is 6.42 Å². The number of thiocarbonyl (C=S) groups is 1. The van der Waals surface area contributed by atoms with Crippen LogP contribution in [0.15, 0.2) is 54.7 Å². The fraction of sp³-hybridized carbons (Fsp3) is 0.360. The molecule has 178 valence electrons. The van der Waals surface area contributed by atoms with Crippen molar-refractivity contribution in [2.24, 2.45) is 18.7 Å². The molecule has 8 nitrogen and oxygen atoms in total. The van der Waals surface area contributed by atoms with Crippen LogP contribution in [0.2, 0.25) is 0 Å². The summed E-state index contributed by atoms with van der Waals surface area (Å²) in [6.45, 7) is 0.420. The first-order valence-corrected chi connectivity index (χ1v) is 11.6. The van der Waals surface area contributed by atoms with Gasteiger partial charge in [0.25, 0.3) is 0 Å². The van der Waals surface area contributed by atoms with Crippen LogP contribution in [0.25, 0.3) is 10.9 Å². The van der Waals surface area contributed by atoms with Crippen molar-refractivity contribution >= 4 is 39.8 Å². The first-order valence-electron chi connectivity index (χ1n) is 11.2. The number of amides is 1. The maximum absolute atomic E-state index is 12.5. The van der Waals surface area contributed by atoms with Crippen LogP contribution in [0, 0.1) is 5.92 Å². The number of ether oxygens (including phenoxy) is 1. The van der Waals surface area contributed by atoms with Crippen molar-refractivity contribution in [2.75, 3.05) is 12.0 Å². The molecule has 1 aromatic heterocycles. The van der Waals surface area contributed by atoms with Crippen molar-refractivity contribution < 1.29 is 19.7 Å². The summed E-state index contributed by atoms with van der Waals surface area (Å²) in [7, 11) is 3.59. The number of anilines is 1. The second-order valence-electron chi connectivity index (χ2n) is 9.04. The molecule has 34 heavy (non-hydrogen) atoms. The van der Waals surface area contributed by atoms with E-state index in [1.54, 1.807) is 7.11 Å². The normalized spacial score (nSPS) is 26.7. The van der Waals surface area contributed by atoms with Crippen LogP contribution in [0.4, 0.5) is 5.69 Å². The highest BCUT2D eigenvalue weighted by molar-refractivity contribution is 7.80. The molecule has 0 unspecified atom stereocenters. The van der Waals surface area contributed by atoms with E-state index in [0.29, 0.717) is 17.4 Å². The highest BCUT2D eigenvalue weighted by Crippen LogP contribution is 2.42. The minimum atomic E-state index is -1.09. The molecule has 9 heteroatoms. The number of rotatable bonds is 5. The summed E-state index contributed by atoms with van der Waals surface area (Å²) in [6.07, 6.45) is -0.0333. The third kappa shape index (κ3) is 3.51. The summed E-state index contributed by atoms with van der Waals surface area (Å²) in [5, 5.41) is 23.3. The summed E-state index contributed by atoms with van der Waals surface area (Å²) < 4.78 is 7.34. The van der Waals surface area contributed by atoms with E-state index >= 15 is 0 Å². The van der Waals surface area contributed by atoms with Gasteiger partial charge < -0.3 is 35.1 Å². The van der Waals surface area contributed by atoms with E-state index in [2.05, 4.69) is 22.9 Å². The average Bonchev–Trinajstić information content (AvgIpc) is 3.30. The van der Waals surface area contributed by atoms with Gasteiger partial charge in [0.1, 0.15) is 11.9 Å². The minimum absolute atomic E-state index is 0.0784. The van der Waals surface area contributed by atoms with Gasteiger partial charge in [-0.25, -0.2) is 0 Å². The fourth-order valence-corrected chi connectivity index (χ4v) is 5.93. The molecule has 0 radical (unpaired) electrons. The number of methoxy groups -OCH3 is 1. The zero-order valence-electron chi connectivity index (χ0n) is 19.0. The second-order valence-corrected chi connectivity index (χ2v) is 9.41. The summed E-state index contributed by atoms with van der Waals surface area (Å²) in [5.41, 5.74) is 8.70. The van der Waals surface area contributed by atoms with Gasteiger partial charge in [0.05, 0.1) is 31.2 Å². The van der Waals surface area contributed by atoms with Gasteiger partial charge in [0.2, 0.25) is 5.91 Å². The lowest BCUT2D eigenvalue weighted by molar-refractivity contribution is -0.129. The number of aryl methyl sites for hydroxylation is 1. The Bertz CT molecular complexity index is 1240. The first-order chi connectivity index (χ1) is 16.3. The Kier molecular flexibility index (Phi) is 5.71. The number of benzene rings is 2. The summed E-state index contributed by atoms with van der Waals surface area (Å²) >= 11 is 5.95. The monoisotopic (exact) mass is 480 g/mol. The number of nitrogens with zero attached hydrogens (tertiary/aromatic N) is 3. The largest absolute Gasteiger partial charge is 0.497 e.